The van der Waals surface area contributed by atoms with E-state index in [2.05, 4.69) is 17.1 Å². The number of carbonyl (C=O) groups excluding carboxylic acids is 1. The van der Waals surface area contributed by atoms with Gasteiger partial charge in [0.25, 0.3) is 5.91 Å². The number of hydrogen-bond donors (Lipinski definition) is 1. The van der Waals surface area contributed by atoms with Crippen molar-refractivity contribution < 1.29 is 4.79 Å². The number of nitrogens with zero attached hydrogens (tertiary/aromatic N) is 3. The Morgan fingerprint density at radius 2 is 2.14 bits per heavy atom. The first-order chi connectivity index (χ1) is 10.6. The van der Waals surface area contributed by atoms with Crippen LogP contribution < -0.4 is 5.32 Å². The predicted octanol–water partition coefficient (Wildman–Crippen LogP) is 2.32. The van der Waals surface area contributed by atoms with E-state index in [1.165, 1.54) is 0 Å². The molecule has 22 heavy (non-hydrogen) atoms. The first-order valence-corrected chi connectivity index (χ1v) is 7.65. The van der Waals surface area contributed by atoms with E-state index in [0.29, 0.717) is 10.7 Å². The number of nitriles is 1. The zero-order chi connectivity index (χ0) is 15.9. The van der Waals surface area contributed by atoms with Crippen LogP contribution in [-0.2, 0) is 4.79 Å². The van der Waals surface area contributed by atoms with Crippen molar-refractivity contribution in [1.82, 2.24) is 9.80 Å². The van der Waals surface area contributed by atoms with Crippen LogP contribution in [0.4, 0.5) is 5.69 Å². The molecule has 116 valence electrons. The normalized spacial score (nSPS) is 16.2. The number of benzene rings is 1. The summed E-state index contributed by atoms with van der Waals surface area (Å²) in [4.78, 5) is 16.5. The summed E-state index contributed by atoms with van der Waals surface area (Å²) >= 11 is 5.88. The number of carbonyl (C=O) groups is 1. The van der Waals surface area contributed by atoms with E-state index in [1.54, 1.807) is 30.5 Å². The molecule has 1 heterocycles. The standard InChI is InChI=1S/C16H19ClN4O/c1-2-20-6-8-21(9-7-20)12-13(11-18)16(22)19-15-5-3-4-14(17)10-15/h3-5,10,12H,2,6-9H2,1H3,(H,19,22)/b13-12-. The van der Waals surface area contributed by atoms with Gasteiger partial charge in [-0.15, -0.1) is 0 Å². The van der Waals surface area contributed by atoms with Crippen LogP contribution in [0.5, 0.6) is 0 Å². The van der Waals surface area contributed by atoms with Crippen molar-refractivity contribution in [3.05, 3.63) is 41.1 Å². The second-order valence-electron chi connectivity index (χ2n) is 5.09. The summed E-state index contributed by atoms with van der Waals surface area (Å²) in [5, 5.41) is 12.4. The highest BCUT2D eigenvalue weighted by Crippen LogP contribution is 2.16. The van der Waals surface area contributed by atoms with Crippen LogP contribution in [-0.4, -0.2) is 48.4 Å². The number of rotatable bonds is 4. The lowest BCUT2D eigenvalue weighted by molar-refractivity contribution is -0.112. The highest BCUT2D eigenvalue weighted by atomic mass is 35.5. The Hall–Kier alpha value is -2.03. The first kappa shape index (κ1) is 16.3. The number of amides is 1. The second kappa shape index (κ2) is 7.83. The molecular weight excluding hydrogens is 300 g/mol. The van der Waals surface area contributed by atoms with E-state index in [0.717, 1.165) is 32.7 Å². The highest BCUT2D eigenvalue weighted by Gasteiger charge is 2.16. The quantitative estimate of drug-likeness (QED) is 0.683. The van der Waals surface area contributed by atoms with Gasteiger partial charge < -0.3 is 15.1 Å². The molecule has 5 nitrogen and oxygen atoms in total. The predicted molar refractivity (Wildman–Crippen MR) is 87.5 cm³/mol. The molecule has 1 aliphatic rings. The number of anilines is 1. The van der Waals surface area contributed by atoms with E-state index in [9.17, 15) is 10.1 Å². The summed E-state index contributed by atoms with van der Waals surface area (Å²) in [7, 11) is 0. The molecule has 0 atom stereocenters. The zero-order valence-corrected chi connectivity index (χ0v) is 13.3. The third-order valence-corrected chi connectivity index (χ3v) is 3.85. The molecule has 1 amide bonds. The Bertz CT molecular complexity index is 600. The van der Waals surface area contributed by atoms with Gasteiger partial charge in [-0.3, -0.25) is 4.79 Å². The maximum atomic E-state index is 12.2. The van der Waals surface area contributed by atoms with Crippen molar-refractivity contribution in [2.45, 2.75) is 6.92 Å². The molecule has 0 aliphatic carbocycles. The summed E-state index contributed by atoms with van der Waals surface area (Å²) in [6.45, 7) is 6.69. The summed E-state index contributed by atoms with van der Waals surface area (Å²) in [5.41, 5.74) is 0.680. The van der Waals surface area contributed by atoms with Gasteiger partial charge in [0.05, 0.1) is 0 Å². The minimum Gasteiger partial charge on any atom is -0.374 e. The van der Waals surface area contributed by atoms with Gasteiger partial charge in [-0.1, -0.05) is 24.6 Å². The minimum absolute atomic E-state index is 0.102. The number of likely N-dealkylation sites (N-methyl/N-ethyl adjacent to an activating group) is 1. The fourth-order valence-electron chi connectivity index (χ4n) is 2.29. The average molecular weight is 319 g/mol. The van der Waals surface area contributed by atoms with Gasteiger partial charge in [0.2, 0.25) is 0 Å². The molecule has 6 heteroatoms. The Morgan fingerprint density at radius 1 is 1.41 bits per heavy atom. The molecule has 1 aromatic rings. The van der Waals surface area contributed by atoms with Crippen LogP contribution in [0.2, 0.25) is 5.02 Å². The molecule has 0 saturated carbocycles. The van der Waals surface area contributed by atoms with Gasteiger partial charge >= 0.3 is 0 Å². The highest BCUT2D eigenvalue weighted by molar-refractivity contribution is 6.31. The Kier molecular flexibility index (Phi) is 5.82. The smallest absolute Gasteiger partial charge is 0.267 e. The molecule has 0 unspecified atom stereocenters. The number of halogens is 1. The van der Waals surface area contributed by atoms with Crippen LogP contribution in [0.25, 0.3) is 0 Å². The fraction of sp³-hybridized carbons (Fsp3) is 0.375. The fourth-order valence-corrected chi connectivity index (χ4v) is 2.48. The lowest BCUT2D eigenvalue weighted by Gasteiger charge is -2.33. The second-order valence-corrected chi connectivity index (χ2v) is 5.53. The van der Waals surface area contributed by atoms with E-state index in [1.807, 2.05) is 11.0 Å². The third kappa shape index (κ3) is 4.48. The SMILES string of the molecule is CCN1CCN(/C=C(/C#N)C(=O)Nc2cccc(Cl)c2)CC1. The summed E-state index contributed by atoms with van der Waals surface area (Å²) in [5.74, 6) is -0.414. The van der Waals surface area contributed by atoms with Gasteiger partial charge in [0.1, 0.15) is 11.6 Å². The Balaban J connectivity index is 2.00. The maximum absolute atomic E-state index is 12.2. The molecule has 2 rings (SSSR count). The largest absolute Gasteiger partial charge is 0.374 e. The van der Waals surface area contributed by atoms with Crippen molar-refractivity contribution >= 4 is 23.2 Å². The molecule has 1 aliphatic heterocycles. The molecule has 1 fully saturated rings. The van der Waals surface area contributed by atoms with Gasteiger partial charge in [0, 0.05) is 43.1 Å². The molecule has 0 bridgehead atoms. The Morgan fingerprint density at radius 3 is 2.73 bits per heavy atom. The number of hydrogen-bond acceptors (Lipinski definition) is 4. The van der Waals surface area contributed by atoms with Crippen LogP contribution >= 0.6 is 11.6 Å². The lowest BCUT2D eigenvalue weighted by atomic mass is 10.2. The number of nitrogens with one attached hydrogen (secondary N) is 1. The van der Waals surface area contributed by atoms with Crippen molar-refractivity contribution in [2.24, 2.45) is 0 Å². The first-order valence-electron chi connectivity index (χ1n) is 7.27. The van der Waals surface area contributed by atoms with E-state index in [-0.39, 0.29) is 5.57 Å². The summed E-state index contributed by atoms with van der Waals surface area (Å²) in [6, 6.07) is 8.83. The molecular formula is C16H19ClN4O. The Labute approximate surface area is 135 Å². The van der Waals surface area contributed by atoms with Crippen LogP contribution in [0.1, 0.15) is 6.92 Å². The third-order valence-electron chi connectivity index (χ3n) is 3.61. The van der Waals surface area contributed by atoms with Crippen molar-refractivity contribution in [2.75, 3.05) is 38.0 Å². The number of piperazine rings is 1. The van der Waals surface area contributed by atoms with Crippen LogP contribution in [0.3, 0.4) is 0 Å². The van der Waals surface area contributed by atoms with E-state index >= 15 is 0 Å². The lowest BCUT2D eigenvalue weighted by Crippen LogP contribution is -2.44. The molecule has 0 spiro atoms. The van der Waals surface area contributed by atoms with Crippen molar-refractivity contribution in [3.63, 3.8) is 0 Å². The topological polar surface area (TPSA) is 59.4 Å². The molecule has 1 N–H and O–H groups in total. The monoisotopic (exact) mass is 318 g/mol. The zero-order valence-electron chi connectivity index (χ0n) is 12.6. The average Bonchev–Trinajstić information content (AvgIpc) is 2.53. The molecule has 1 saturated heterocycles. The van der Waals surface area contributed by atoms with E-state index < -0.39 is 5.91 Å². The van der Waals surface area contributed by atoms with Gasteiger partial charge in [0.15, 0.2) is 0 Å². The van der Waals surface area contributed by atoms with Gasteiger partial charge in [-0.05, 0) is 24.7 Å². The summed E-state index contributed by atoms with van der Waals surface area (Å²) in [6.07, 6.45) is 1.65. The van der Waals surface area contributed by atoms with E-state index in [4.69, 9.17) is 11.6 Å². The minimum atomic E-state index is -0.414. The van der Waals surface area contributed by atoms with Crippen LogP contribution in [0, 0.1) is 11.3 Å². The molecule has 1 aromatic carbocycles. The summed E-state index contributed by atoms with van der Waals surface area (Å²) < 4.78 is 0. The maximum Gasteiger partial charge on any atom is 0.267 e. The van der Waals surface area contributed by atoms with Gasteiger partial charge in [-0.25, -0.2) is 0 Å². The van der Waals surface area contributed by atoms with Crippen molar-refractivity contribution in [1.29, 1.82) is 5.26 Å². The molecule has 0 radical (unpaired) electrons. The van der Waals surface area contributed by atoms with Crippen LogP contribution in [0.15, 0.2) is 36.0 Å². The molecule has 0 aromatic heterocycles. The van der Waals surface area contributed by atoms with Gasteiger partial charge in [-0.2, -0.15) is 5.26 Å². The van der Waals surface area contributed by atoms with Crippen molar-refractivity contribution in [3.8, 4) is 6.07 Å².